The van der Waals surface area contributed by atoms with Crippen LogP contribution in [0.5, 0.6) is 0 Å². The maximum Gasteiger partial charge on any atom is 0.144 e. The first-order valence-electron chi connectivity index (χ1n) is 4.59. The Bertz CT molecular complexity index is 431. The maximum atomic E-state index is 12.8. The van der Waals surface area contributed by atoms with Crippen LogP contribution in [0.4, 0.5) is 10.2 Å². The van der Waals surface area contributed by atoms with Crippen molar-refractivity contribution in [3.05, 3.63) is 54.2 Å². The third-order valence-corrected chi connectivity index (χ3v) is 1.93. The number of hydrogen-bond acceptors (Lipinski definition) is 3. The summed E-state index contributed by atoms with van der Waals surface area (Å²) in [5, 5.41) is 3.05. The molecular weight excluding hydrogens is 193 g/mol. The summed E-state index contributed by atoms with van der Waals surface area (Å²) in [5.74, 6) is 0.454. The Morgan fingerprint density at radius 1 is 1.27 bits per heavy atom. The van der Waals surface area contributed by atoms with Gasteiger partial charge in [-0.15, -0.1) is 0 Å². The van der Waals surface area contributed by atoms with Gasteiger partial charge in [-0.3, -0.25) is 4.98 Å². The molecule has 0 radical (unpaired) electrons. The van der Waals surface area contributed by atoms with E-state index in [0.29, 0.717) is 12.4 Å². The molecule has 0 saturated carbocycles. The van der Waals surface area contributed by atoms with Crippen LogP contribution in [0.25, 0.3) is 0 Å². The van der Waals surface area contributed by atoms with Crippen molar-refractivity contribution in [3.63, 3.8) is 0 Å². The van der Waals surface area contributed by atoms with Crippen LogP contribution in [0.1, 0.15) is 5.56 Å². The molecule has 76 valence electrons. The van der Waals surface area contributed by atoms with Gasteiger partial charge < -0.3 is 5.32 Å². The minimum atomic E-state index is -0.228. The summed E-state index contributed by atoms with van der Waals surface area (Å²) in [4.78, 5) is 7.96. The highest BCUT2D eigenvalue weighted by atomic mass is 19.1. The van der Waals surface area contributed by atoms with Gasteiger partial charge in [0.15, 0.2) is 0 Å². The summed E-state index contributed by atoms with van der Waals surface area (Å²) in [6, 6.07) is 6.45. The van der Waals surface area contributed by atoms with Gasteiger partial charge in [-0.2, -0.15) is 0 Å². The van der Waals surface area contributed by atoms with E-state index >= 15 is 0 Å². The Balaban J connectivity index is 1.99. The number of nitrogens with one attached hydrogen (secondary N) is 1. The summed E-state index contributed by atoms with van der Waals surface area (Å²) < 4.78 is 12.8. The molecule has 2 rings (SSSR count). The lowest BCUT2D eigenvalue weighted by Gasteiger charge is -2.04. The molecule has 1 aromatic carbocycles. The van der Waals surface area contributed by atoms with Crippen molar-refractivity contribution in [2.45, 2.75) is 6.54 Å². The number of halogens is 1. The SMILES string of the molecule is Fc1cccc(CNc2cnccn2)c1. The van der Waals surface area contributed by atoms with Crippen molar-refractivity contribution in [2.75, 3.05) is 5.32 Å². The predicted molar refractivity (Wildman–Crippen MR) is 55.8 cm³/mol. The summed E-state index contributed by atoms with van der Waals surface area (Å²) in [7, 11) is 0. The molecule has 0 amide bonds. The van der Waals surface area contributed by atoms with Crippen LogP contribution >= 0.6 is 0 Å². The van der Waals surface area contributed by atoms with E-state index in [0.717, 1.165) is 5.56 Å². The molecule has 3 nitrogen and oxygen atoms in total. The minimum absolute atomic E-state index is 0.228. The van der Waals surface area contributed by atoms with Crippen LogP contribution < -0.4 is 5.32 Å². The Hall–Kier alpha value is -1.97. The van der Waals surface area contributed by atoms with E-state index in [1.807, 2.05) is 6.07 Å². The Morgan fingerprint density at radius 2 is 2.20 bits per heavy atom. The highest BCUT2D eigenvalue weighted by molar-refractivity contribution is 5.32. The van der Waals surface area contributed by atoms with E-state index in [9.17, 15) is 4.39 Å². The molecule has 0 unspecified atom stereocenters. The normalized spacial score (nSPS) is 9.93. The van der Waals surface area contributed by atoms with E-state index in [1.54, 1.807) is 24.7 Å². The van der Waals surface area contributed by atoms with Crippen molar-refractivity contribution in [1.29, 1.82) is 0 Å². The van der Waals surface area contributed by atoms with E-state index in [4.69, 9.17) is 0 Å². The fraction of sp³-hybridized carbons (Fsp3) is 0.0909. The minimum Gasteiger partial charge on any atom is -0.365 e. The molecule has 0 aliphatic heterocycles. The number of aromatic nitrogens is 2. The molecule has 0 saturated heterocycles. The molecule has 1 heterocycles. The zero-order valence-electron chi connectivity index (χ0n) is 8.02. The average molecular weight is 203 g/mol. The monoisotopic (exact) mass is 203 g/mol. The van der Waals surface area contributed by atoms with Crippen LogP contribution in [0.2, 0.25) is 0 Å². The molecule has 0 aliphatic rings. The number of nitrogens with zero attached hydrogens (tertiary/aromatic N) is 2. The first kappa shape index (κ1) is 9.58. The molecule has 4 heteroatoms. The van der Waals surface area contributed by atoms with Crippen LogP contribution in [0.15, 0.2) is 42.9 Å². The predicted octanol–water partition coefficient (Wildman–Crippen LogP) is 2.23. The molecule has 15 heavy (non-hydrogen) atoms. The lowest BCUT2D eigenvalue weighted by molar-refractivity contribution is 0.626. The second-order valence-electron chi connectivity index (χ2n) is 3.07. The highest BCUT2D eigenvalue weighted by Gasteiger charge is 1.96. The summed E-state index contributed by atoms with van der Waals surface area (Å²) in [6.07, 6.45) is 4.83. The quantitative estimate of drug-likeness (QED) is 0.831. The van der Waals surface area contributed by atoms with E-state index in [-0.39, 0.29) is 5.82 Å². The number of benzene rings is 1. The fourth-order valence-corrected chi connectivity index (χ4v) is 1.23. The number of hydrogen-bond donors (Lipinski definition) is 1. The van der Waals surface area contributed by atoms with E-state index < -0.39 is 0 Å². The van der Waals surface area contributed by atoms with Crippen molar-refractivity contribution >= 4 is 5.82 Å². The summed E-state index contributed by atoms with van der Waals surface area (Å²) in [5.41, 5.74) is 0.876. The summed E-state index contributed by atoms with van der Waals surface area (Å²) in [6.45, 7) is 0.538. The van der Waals surface area contributed by atoms with Gasteiger partial charge in [-0.1, -0.05) is 12.1 Å². The standard InChI is InChI=1S/C11H10FN3/c12-10-3-1-2-9(6-10)7-15-11-8-13-4-5-14-11/h1-6,8H,7H2,(H,14,15). The zero-order chi connectivity index (χ0) is 10.5. The molecule has 0 aliphatic carbocycles. The van der Waals surface area contributed by atoms with Gasteiger partial charge in [-0.25, -0.2) is 9.37 Å². The van der Waals surface area contributed by atoms with Gasteiger partial charge in [0.25, 0.3) is 0 Å². The van der Waals surface area contributed by atoms with Crippen molar-refractivity contribution < 1.29 is 4.39 Å². The molecule has 0 fully saturated rings. The second-order valence-corrected chi connectivity index (χ2v) is 3.07. The summed E-state index contributed by atoms with van der Waals surface area (Å²) >= 11 is 0. The Labute approximate surface area is 87.0 Å². The van der Waals surface area contributed by atoms with Gasteiger partial charge in [-0.05, 0) is 17.7 Å². The van der Waals surface area contributed by atoms with E-state index in [1.165, 1.54) is 12.1 Å². The Morgan fingerprint density at radius 3 is 2.93 bits per heavy atom. The maximum absolute atomic E-state index is 12.8. The number of rotatable bonds is 3. The van der Waals surface area contributed by atoms with Crippen molar-refractivity contribution in [2.24, 2.45) is 0 Å². The first-order valence-corrected chi connectivity index (χ1v) is 4.59. The zero-order valence-corrected chi connectivity index (χ0v) is 8.02. The molecule has 1 aromatic heterocycles. The number of anilines is 1. The molecular formula is C11H10FN3. The second kappa shape index (κ2) is 4.50. The van der Waals surface area contributed by atoms with E-state index in [2.05, 4.69) is 15.3 Å². The topological polar surface area (TPSA) is 37.8 Å². The highest BCUT2D eigenvalue weighted by Crippen LogP contribution is 2.06. The molecule has 0 atom stereocenters. The van der Waals surface area contributed by atoms with Gasteiger partial charge >= 0.3 is 0 Å². The van der Waals surface area contributed by atoms with Crippen LogP contribution in [-0.4, -0.2) is 9.97 Å². The van der Waals surface area contributed by atoms with Crippen LogP contribution in [-0.2, 0) is 6.54 Å². The Kier molecular flexibility index (Phi) is 2.88. The lowest BCUT2D eigenvalue weighted by atomic mass is 10.2. The molecule has 0 spiro atoms. The fourth-order valence-electron chi connectivity index (χ4n) is 1.23. The van der Waals surface area contributed by atoms with Crippen molar-refractivity contribution in [3.8, 4) is 0 Å². The first-order chi connectivity index (χ1) is 7.34. The van der Waals surface area contributed by atoms with Gasteiger partial charge in [0, 0.05) is 18.9 Å². The largest absolute Gasteiger partial charge is 0.365 e. The lowest BCUT2D eigenvalue weighted by Crippen LogP contribution is -2.01. The molecule has 2 aromatic rings. The van der Waals surface area contributed by atoms with Crippen LogP contribution in [0, 0.1) is 5.82 Å². The third kappa shape index (κ3) is 2.74. The smallest absolute Gasteiger partial charge is 0.144 e. The van der Waals surface area contributed by atoms with Crippen LogP contribution in [0.3, 0.4) is 0 Å². The van der Waals surface area contributed by atoms with Gasteiger partial charge in [0.2, 0.25) is 0 Å². The third-order valence-electron chi connectivity index (χ3n) is 1.93. The van der Waals surface area contributed by atoms with Gasteiger partial charge in [0.1, 0.15) is 11.6 Å². The average Bonchev–Trinajstić information content (AvgIpc) is 2.28. The molecule has 1 N–H and O–H groups in total. The van der Waals surface area contributed by atoms with Crippen molar-refractivity contribution in [1.82, 2.24) is 9.97 Å². The van der Waals surface area contributed by atoms with Gasteiger partial charge in [0.05, 0.1) is 6.20 Å². The molecule has 0 bridgehead atoms.